The molecule has 4 aromatic rings. The third kappa shape index (κ3) is 4.71. The van der Waals surface area contributed by atoms with Crippen LogP contribution in [-0.2, 0) is 13.2 Å². The first-order valence-corrected chi connectivity index (χ1v) is 11.6. The molecule has 0 bridgehead atoms. The number of rotatable bonds is 7. The predicted molar refractivity (Wildman–Crippen MR) is 133 cm³/mol. The number of benzene rings is 2. The Labute approximate surface area is 205 Å². The lowest BCUT2D eigenvalue weighted by Crippen LogP contribution is -2.26. The number of aromatic nitrogens is 3. The van der Waals surface area contributed by atoms with E-state index < -0.39 is 11.7 Å². The van der Waals surface area contributed by atoms with Gasteiger partial charge in [-0.2, -0.15) is 18.3 Å². The molecule has 1 aliphatic carbocycles. The number of hydrogen-bond donors (Lipinski definition) is 2. The zero-order chi connectivity index (χ0) is 25.4. The number of alkyl halides is 3. The summed E-state index contributed by atoms with van der Waals surface area (Å²) in [5.74, 6) is 0.255. The largest absolute Gasteiger partial charge is 0.416 e. The summed E-state index contributed by atoms with van der Waals surface area (Å²) >= 11 is 0. The zero-order valence-corrected chi connectivity index (χ0v) is 19.6. The van der Waals surface area contributed by atoms with Gasteiger partial charge in [-0.15, -0.1) is 0 Å². The van der Waals surface area contributed by atoms with Gasteiger partial charge in [-0.25, -0.2) is 0 Å². The number of carbonyl (C=O) groups excluding carboxylic acids is 1. The van der Waals surface area contributed by atoms with E-state index in [0.29, 0.717) is 35.9 Å². The van der Waals surface area contributed by atoms with Gasteiger partial charge in [-0.3, -0.25) is 19.0 Å². The van der Waals surface area contributed by atoms with Crippen molar-refractivity contribution < 1.29 is 18.0 Å². The standard InChI is InChI=1S/C26H25F3N6O/c1-34-15-21-20-14-17(25(36)32-13-12-31-11-10-22(30)16-2-3-16)4-9-23(20)35(24(21)33-34)19-7-5-18(6-8-19)26(27,28)29/h4-11,14-16H,2-3,12-13,30H2,1H3,(H,32,36). The topological polar surface area (TPSA) is 90.2 Å². The molecular formula is C26H25F3N6O. The molecule has 2 aromatic carbocycles. The minimum absolute atomic E-state index is 0.237. The van der Waals surface area contributed by atoms with Gasteiger partial charge in [0, 0.05) is 53.7 Å². The van der Waals surface area contributed by atoms with Crippen LogP contribution in [-0.4, -0.2) is 39.6 Å². The van der Waals surface area contributed by atoms with Crippen molar-refractivity contribution in [3.63, 3.8) is 0 Å². The SMILES string of the molecule is Cn1cc2c3cc(C(=O)NCCN=CC=C(N)C4CC4)ccc3n(-c3ccc(C(F)(F)F)cc3)c2n1. The van der Waals surface area contributed by atoms with Gasteiger partial charge in [0.05, 0.1) is 17.6 Å². The Hall–Kier alpha value is -4.08. The number of aliphatic imine (C=N–C) groups is 1. The summed E-state index contributed by atoms with van der Waals surface area (Å²) in [6, 6.07) is 10.2. The molecule has 10 heteroatoms. The highest BCUT2D eigenvalue weighted by Crippen LogP contribution is 2.34. The molecule has 2 heterocycles. The molecule has 0 unspecified atom stereocenters. The number of amides is 1. The Balaban J connectivity index is 1.37. The number of nitrogens with one attached hydrogen (secondary N) is 1. The molecule has 0 spiro atoms. The summed E-state index contributed by atoms with van der Waals surface area (Å²) in [4.78, 5) is 17.0. The summed E-state index contributed by atoms with van der Waals surface area (Å²) in [7, 11) is 1.77. The minimum atomic E-state index is -4.41. The lowest BCUT2D eigenvalue weighted by molar-refractivity contribution is -0.137. The number of nitrogens with two attached hydrogens (primary N) is 1. The maximum Gasteiger partial charge on any atom is 0.416 e. The van der Waals surface area contributed by atoms with Crippen LogP contribution < -0.4 is 11.1 Å². The van der Waals surface area contributed by atoms with Crippen molar-refractivity contribution in [2.75, 3.05) is 13.1 Å². The first-order chi connectivity index (χ1) is 17.2. The molecule has 7 nitrogen and oxygen atoms in total. The molecule has 1 amide bonds. The molecule has 0 atom stereocenters. The van der Waals surface area contributed by atoms with E-state index in [-0.39, 0.29) is 5.91 Å². The van der Waals surface area contributed by atoms with Gasteiger partial charge in [0.15, 0.2) is 5.65 Å². The van der Waals surface area contributed by atoms with Crippen molar-refractivity contribution >= 4 is 34.1 Å². The Morgan fingerprint density at radius 1 is 1.19 bits per heavy atom. The number of halogens is 3. The first kappa shape index (κ1) is 23.7. The van der Waals surface area contributed by atoms with Crippen molar-refractivity contribution in [2.45, 2.75) is 19.0 Å². The van der Waals surface area contributed by atoms with Crippen molar-refractivity contribution in [1.82, 2.24) is 19.7 Å². The van der Waals surface area contributed by atoms with Crippen LogP contribution in [0.15, 0.2) is 65.4 Å². The van der Waals surface area contributed by atoms with Gasteiger partial charge >= 0.3 is 6.18 Å². The van der Waals surface area contributed by atoms with E-state index >= 15 is 0 Å². The van der Waals surface area contributed by atoms with Crippen molar-refractivity contribution in [1.29, 1.82) is 0 Å². The molecule has 5 rings (SSSR count). The Morgan fingerprint density at radius 3 is 2.64 bits per heavy atom. The van der Waals surface area contributed by atoms with Crippen LogP contribution in [0.5, 0.6) is 0 Å². The van der Waals surface area contributed by atoms with E-state index in [9.17, 15) is 18.0 Å². The highest BCUT2D eigenvalue weighted by Gasteiger charge is 2.30. The van der Waals surface area contributed by atoms with Crippen LogP contribution in [0.3, 0.4) is 0 Å². The first-order valence-electron chi connectivity index (χ1n) is 11.6. The molecule has 3 N–H and O–H groups in total. The molecule has 0 radical (unpaired) electrons. The van der Waals surface area contributed by atoms with Crippen LogP contribution in [0.25, 0.3) is 27.6 Å². The van der Waals surface area contributed by atoms with Gasteiger partial charge in [-0.1, -0.05) is 0 Å². The average molecular weight is 495 g/mol. The minimum Gasteiger partial charge on any atom is -0.402 e. The monoisotopic (exact) mass is 494 g/mol. The summed E-state index contributed by atoms with van der Waals surface area (Å²) in [6.07, 6.45) is 3.18. The van der Waals surface area contributed by atoms with Gasteiger partial charge in [0.2, 0.25) is 0 Å². The quantitative estimate of drug-likeness (QED) is 0.291. The maximum absolute atomic E-state index is 13.0. The molecule has 1 aliphatic rings. The fourth-order valence-corrected chi connectivity index (χ4v) is 4.20. The predicted octanol–water partition coefficient (Wildman–Crippen LogP) is 4.59. The summed E-state index contributed by atoms with van der Waals surface area (Å²) < 4.78 is 42.5. The van der Waals surface area contributed by atoms with E-state index in [0.717, 1.165) is 47.0 Å². The second kappa shape index (κ2) is 9.18. The van der Waals surface area contributed by atoms with Gasteiger partial charge in [-0.05, 0) is 67.3 Å². The van der Waals surface area contributed by atoms with Crippen LogP contribution in [0.2, 0.25) is 0 Å². The molecule has 186 valence electrons. The molecule has 36 heavy (non-hydrogen) atoms. The van der Waals surface area contributed by atoms with E-state index in [1.807, 2.05) is 12.3 Å². The van der Waals surface area contributed by atoms with Gasteiger partial charge < -0.3 is 11.1 Å². The second-order valence-corrected chi connectivity index (χ2v) is 8.90. The third-order valence-electron chi connectivity index (χ3n) is 6.21. The van der Waals surface area contributed by atoms with Crippen LogP contribution in [0, 0.1) is 5.92 Å². The van der Waals surface area contributed by atoms with Gasteiger partial charge in [0.1, 0.15) is 0 Å². The molecule has 0 saturated heterocycles. The summed E-state index contributed by atoms with van der Waals surface area (Å²) in [5.41, 5.74) is 8.41. The molecule has 1 fully saturated rings. The molecular weight excluding hydrogens is 469 g/mol. The number of allylic oxidation sites excluding steroid dienone is 2. The third-order valence-corrected chi connectivity index (χ3v) is 6.21. The van der Waals surface area contributed by atoms with E-state index in [4.69, 9.17) is 5.73 Å². The highest BCUT2D eigenvalue weighted by atomic mass is 19.4. The van der Waals surface area contributed by atoms with Crippen LogP contribution >= 0.6 is 0 Å². The molecule has 0 aliphatic heterocycles. The smallest absolute Gasteiger partial charge is 0.402 e. The Morgan fingerprint density at radius 2 is 1.94 bits per heavy atom. The second-order valence-electron chi connectivity index (χ2n) is 8.90. The number of hydrogen-bond acceptors (Lipinski definition) is 4. The normalized spacial score (nSPS) is 14.8. The highest BCUT2D eigenvalue weighted by molar-refractivity contribution is 6.10. The van der Waals surface area contributed by atoms with E-state index in [2.05, 4.69) is 15.4 Å². The van der Waals surface area contributed by atoms with Gasteiger partial charge in [0.25, 0.3) is 5.91 Å². The number of fused-ring (bicyclic) bond motifs is 3. The van der Waals surface area contributed by atoms with Crippen LogP contribution in [0.1, 0.15) is 28.8 Å². The number of nitrogens with zero attached hydrogens (tertiary/aromatic N) is 4. The van der Waals surface area contributed by atoms with E-state index in [1.54, 1.807) is 40.7 Å². The molecule has 1 saturated carbocycles. The number of aryl methyl sites for hydroxylation is 1. The average Bonchev–Trinajstić information content (AvgIpc) is 3.57. The summed E-state index contributed by atoms with van der Waals surface area (Å²) in [6.45, 7) is 0.805. The Kier molecular flexibility index (Phi) is 6.03. The zero-order valence-electron chi connectivity index (χ0n) is 19.6. The lowest BCUT2D eigenvalue weighted by atomic mass is 10.1. The van der Waals surface area contributed by atoms with Crippen molar-refractivity contribution in [3.05, 3.63) is 71.6 Å². The fourth-order valence-electron chi connectivity index (χ4n) is 4.20. The van der Waals surface area contributed by atoms with Crippen molar-refractivity contribution in [3.8, 4) is 5.69 Å². The van der Waals surface area contributed by atoms with Crippen LogP contribution in [0.4, 0.5) is 13.2 Å². The van der Waals surface area contributed by atoms with Crippen molar-refractivity contribution in [2.24, 2.45) is 23.7 Å². The Bertz CT molecular complexity index is 1490. The van der Waals surface area contributed by atoms with E-state index in [1.165, 1.54) is 12.1 Å². The summed E-state index contributed by atoms with van der Waals surface area (Å²) in [5, 5.41) is 8.94. The lowest BCUT2D eigenvalue weighted by Gasteiger charge is -2.10. The fraction of sp³-hybridized carbons (Fsp3) is 0.269. The number of carbonyl (C=O) groups is 1. The maximum atomic E-state index is 13.0. The molecule has 2 aromatic heterocycles.